The van der Waals surface area contributed by atoms with Gasteiger partial charge in [0.15, 0.2) is 29.7 Å². The fraction of sp³-hybridized carbons (Fsp3) is 0.345. The molecule has 0 atom stereocenters. The lowest BCUT2D eigenvalue weighted by Crippen LogP contribution is -2.36. The van der Waals surface area contributed by atoms with Gasteiger partial charge in [-0.3, -0.25) is 14.4 Å². The van der Waals surface area contributed by atoms with Crippen molar-refractivity contribution in [3.05, 3.63) is 74.5 Å². The Kier molecular flexibility index (Phi) is 7.20. The van der Waals surface area contributed by atoms with Crippen LogP contribution in [0.4, 0.5) is 5.69 Å². The number of carbonyl (C=O) groups is 3. The van der Waals surface area contributed by atoms with Gasteiger partial charge in [0.25, 0.3) is 5.91 Å². The Morgan fingerprint density at radius 3 is 2.22 bits per heavy atom. The molecule has 0 spiro atoms. The number of ketones is 2. The molecule has 0 unspecified atom stereocenters. The van der Waals surface area contributed by atoms with Crippen LogP contribution in [-0.4, -0.2) is 31.2 Å². The molecule has 3 aliphatic rings. The van der Waals surface area contributed by atoms with E-state index in [0.29, 0.717) is 45.6 Å². The van der Waals surface area contributed by atoms with Crippen molar-refractivity contribution in [3.63, 3.8) is 0 Å². The van der Waals surface area contributed by atoms with Gasteiger partial charge in [0, 0.05) is 47.0 Å². The summed E-state index contributed by atoms with van der Waals surface area (Å²) in [7, 11) is 1.53. The SMILES string of the molecule is COc1cc(C2C3=C(CCCC3=O)NC3=C2C(=O)CCC3)cc(Br)c1OCC(=O)Nc1ccc(C)cc1. The third-order valence-electron chi connectivity index (χ3n) is 7.06. The van der Waals surface area contributed by atoms with Crippen molar-refractivity contribution in [2.45, 2.75) is 51.4 Å². The van der Waals surface area contributed by atoms with Gasteiger partial charge in [0.2, 0.25) is 0 Å². The standard InChI is InChI=1S/C29H29BrN2O5/c1-16-9-11-18(12-10-16)31-25(35)15-37-29-19(30)13-17(14-24(29)36-2)26-27-20(5-3-7-22(27)33)32-21-6-4-8-23(34)28(21)26/h9-14,26,32H,3-8,15H2,1-2H3,(H,31,35). The van der Waals surface area contributed by atoms with Crippen LogP contribution < -0.4 is 20.1 Å². The normalized spacial score (nSPS) is 17.7. The molecule has 0 saturated heterocycles. The molecule has 1 heterocycles. The van der Waals surface area contributed by atoms with E-state index in [2.05, 4.69) is 26.6 Å². The van der Waals surface area contributed by atoms with Crippen molar-refractivity contribution in [3.8, 4) is 11.5 Å². The number of benzene rings is 2. The Hall–Kier alpha value is -3.39. The molecule has 192 valence electrons. The Balaban J connectivity index is 1.45. The summed E-state index contributed by atoms with van der Waals surface area (Å²) in [5.74, 6) is 0.203. The van der Waals surface area contributed by atoms with Crippen molar-refractivity contribution in [2.75, 3.05) is 19.0 Å². The summed E-state index contributed by atoms with van der Waals surface area (Å²) in [5, 5.41) is 6.25. The molecule has 5 rings (SSSR count). The fourth-order valence-electron chi connectivity index (χ4n) is 5.33. The number of anilines is 1. The molecule has 7 nitrogen and oxygen atoms in total. The van der Waals surface area contributed by atoms with Crippen LogP contribution >= 0.6 is 15.9 Å². The Morgan fingerprint density at radius 2 is 1.62 bits per heavy atom. The predicted molar refractivity (Wildman–Crippen MR) is 144 cm³/mol. The number of nitrogens with one attached hydrogen (secondary N) is 2. The first-order chi connectivity index (χ1) is 17.9. The van der Waals surface area contributed by atoms with Crippen LogP contribution in [0.3, 0.4) is 0 Å². The second kappa shape index (κ2) is 10.5. The van der Waals surface area contributed by atoms with Crippen LogP contribution in [0.25, 0.3) is 0 Å². The highest BCUT2D eigenvalue weighted by Gasteiger charge is 2.40. The highest BCUT2D eigenvalue weighted by molar-refractivity contribution is 9.10. The van der Waals surface area contributed by atoms with Gasteiger partial charge < -0.3 is 20.1 Å². The number of hydrogen-bond donors (Lipinski definition) is 2. The zero-order valence-corrected chi connectivity index (χ0v) is 22.5. The number of methoxy groups -OCH3 is 1. The van der Waals surface area contributed by atoms with E-state index in [1.807, 2.05) is 43.3 Å². The number of aryl methyl sites for hydroxylation is 1. The molecule has 2 N–H and O–H groups in total. The monoisotopic (exact) mass is 564 g/mol. The van der Waals surface area contributed by atoms with Gasteiger partial charge in [-0.15, -0.1) is 0 Å². The second-order valence-corrected chi connectivity index (χ2v) is 10.5. The van der Waals surface area contributed by atoms with E-state index in [-0.39, 0.29) is 24.1 Å². The third-order valence-corrected chi connectivity index (χ3v) is 7.65. The molecule has 2 aliphatic carbocycles. The number of rotatable bonds is 6. The minimum Gasteiger partial charge on any atom is -0.493 e. The minimum absolute atomic E-state index is 0.0758. The van der Waals surface area contributed by atoms with E-state index >= 15 is 0 Å². The summed E-state index contributed by atoms with van der Waals surface area (Å²) in [6.07, 6.45) is 4.14. The Labute approximate surface area is 224 Å². The number of hydrogen-bond acceptors (Lipinski definition) is 6. The van der Waals surface area contributed by atoms with Crippen molar-refractivity contribution in [1.82, 2.24) is 5.32 Å². The second-order valence-electron chi connectivity index (χ2n) is 9.63. The van der Waals surface area contributed by atoms with E-state index in [1.165, 1.54) is 7.11 Å². The first-order valence-electron chi connectivity index (χ1n) is 12.5. The lowest BCUT2D eigenvalue weighted by molar-refractivity contribution is -0.118. The van der Waals surface area contributed by atoms with Crippen molar-refractivity contribution in [2.24, 2.45) is 0 Å². The molecule has 0 aromatic heterocycles. The Bertz CT molecular complexity index is 1300. The van der Waals surface area contributed by atoms with Gasteiger partial charge >= 0.3 is 0 Å². The quantitative estimate of drug-likeness (QED) is 0.482. The molecule has 1 amide bonds. The van der Waals surface area contributed by atoms with E-state index in [1.54, 1.807) is 0 Å². The highest BCUT2D eigenvalue weighted by atomic mass is 79.9. The zero-order chi connectivity index (χ0) is 26.1. The molecule has 1 aliphatic heterocycles. The van der Waals surface area contributed by atoms with E-state index in [0.717, 1.165) is 48.2 Å². The lowest BCUT2D eigenvalue weighted by Gasteiger charge is -2.37. The number of carbonyl (C=O) groups excluding carboxylic acids is 3. The number of dihydropyridines is 1. The molecule has 2 aromatic rings. The maximum Gasteiger partial charge on any atom is 0.262 e. The van der Waals surface area contributed by atoms with Gasteiger partial charge in [-0.1, -0.05) is 17.7 Å². The molecular weight excluding hydrogens is 536 g/mol. The van der Waals surface area contributed by atoms with Crippen LogP contribution in [0.1, 0.15) is 55.6 Å². The maximum atomic E-state index is 13.1. The number of allylic oxidation sites excluding steroid dienone is 4. The molecule has 37 heavy (non-hydrogen) atoms. The summed E-state index contributed by atoms with van der Waals surface area (Å²) < 4.78 is 12.1. The third kappa shape index (κ3) is 5.07. The number of Topliss-reactive ketones (excluding diaryl/α,β-unsaturated/α-hetero) is 2. The summed E-state index contributed by atoms with van der Waals surface area (Å²) in [6.45, 7) is 1.77. The van der Waals surface area contributed by atoms with Gasteiger partial charge in [-0.25, -0.2) is 0 Å². The predicted octanol–water partition coefficient (Wildman–Crippen LogP) is 5.48. The van der Waals surface area contributed by atoms with Gasteiger partial charge in [-0.2, -0.15) is 0 Å². The van der Waals surface area contributed by atoms with Crippen LogP contribution in [0.5, 0.6) is 11.5 Å². The largest absolute Gasteiger partial charge is 0.493 e. The molecule has 0 bridgehead atoms. The van der Waals surface area contributed by atoms with Crippen LogP contribution in [0.2, 0.25) is 0 Å². The molecule has 0 saturated carbocycles. The molecule has 0 fully saturated rings. The van der Waals surface area contributed by atoms with Gasteiger partial charge in [0.05, 0.1) is 11.6 Å². The topological polar surface area (TPSA) is 93.7 Å². The van der Waals surface area contributed by atoms with E-state index < -0.39 is 5.92 Å². The average molecular weight is 565 g/mol. The zero-order valence-electron chi connectivity index (χ0n) is 20.9. The minimum atomic E-state index is -0.448. The maximum absolute atomic E-state index is 13.1. The molecule has 0 radical (unpaired) electrons. The van der Waals surface area contributed by atoms with Gasteiger partial charge in [-0.05, 0) is 78.4 Å². The lowest BCUT2D eigenvalue weighted by atomic mass is 9.71. The Morgan fingerprint density at radius 1 is 1.00 bits per heavy atom. The first-order valence-corrected chi connectivity index (χ1v) is 13.3. The van der Waals surface area contributed by atoms with Crippen molar-refractivity contribution in [1.29, 1.82) is 0 Å². The summed E-state index contributed by atoms with van der Waals surface area (Å²) in [4.78, 5) is 38.7. The summed E-state index contributed by atoms with van der Waals surface area (Å²) >= 11 is 3.58. The van der Waals surface area contributed by atoms with Crippen LogP contribution in [0, 0.1) is 6.92 Å². The highest BCUT2D eigenvalue weighted by Crippen LogP contribution is 2.48. The average Bonchev–Trinajstić information content (AvgIpc) is 2.88. The summed E-state index contributed by atoms with van der Waals surface area (Å²) in [6, 6.07) is 11.2. The number of amides is 1. The fourth-order valence-corrected chi connectivity index (χ4v) is 5.91. The number of halogens is 1. The van der Waals surface area contributed by atoms with E-state index in [9.17, 15) is 14.4 Å². The molecule has 8 heteroatoms. The molecular formula is C29H29BrN2O5. The van der Waals surface area contributed by atoms with E-state index in [4.69, 9.17) is 9.47 Å². The number of ether oxygens (including phenoxy) is 2. The summed E-state index contributed by atoms with van der Waals surface area (Å²) in [5.41, 5.74) is 5.80. The smallest absolute Gasteiger partial charge is 0.262 e. The van der Waals surface area contributed by atoms with Gasteiger partial charge in [0.1, 0.15) is 0 Å². The van der Waals surface area contributed by atoms with Crippen molar-refractivity contribution >= 4 is 39.1 Å². The first kappa shape index (κ1) is 25.3. The molecule has 2 aromatic carbocycles. The van der Waals surface area contributed by atoms with Crippen LogP contribution in [-0.2, 0) is 14.4 Å². The van der Waals surface area contributed by atoms with Crippen LogP contribution in [0.15, 0.2) is 63.4 Å². The van der Waals surface area contributed by atoms with Crippen molar-refractivity contribution < 1.29 is 23.9 Å².